The van der Waals surface area contributed by atoms with E-state index in [1.807, 2.05) is 25.1 Å². The zero-order chi connectivity index (χ0) is 15.1. The number of anilines is 1. The lowest BCUT2D eigenvalue weighted by atomic mass is 10.2. The van der Waals surface area contributed by atoms with Crippen molar-refractivity contribution in [3.8, 4) is 5.75 Å². The van der Waals surface area contributed by atoms with Gasteiger partial charge < -0.3 is 15.4 Å². The number of nitrogens with zero attached hydrogens (tertiary/aromatic N) is 1. The molecular weight excluding hydrogens is 266 g/mol. The van der Waals surface area contributed by atoms with Gasteiger partial charge >= 0.3 is 0 Å². The Hall–Kier alpha value is -2.40. The molecule has 1 heterocycles. The van der Waals surface area contributed by atoms with E-state index in [1.165, 1.54) is 0 Å². The van der Waals surface area contributed by atoms with Crippen LogP contribution in [-0.2, 0) is 4.79 Å². The van der Waals surface area contributed by atoms with E-state index in [0.717, 1.165) is 17.1 Å². The molecule has 0 aliphatic carbocycles. The summed E-state index contributed by atoms with van der Waals surface area (Å²) in [4.78, 5) is 16.1. The third-order valence-corrected chi connectivity index (χ3v) is 3.07. The molecule has 110 valence electrons. The first kappa shape index (κ1) is 15.0. The summed E-state index contributed by atoms with van der Waals surface area (Å²) in [6.07, 6.45) is 1.74. The van der Waals surface area contributed by atoms with Gasteiger partial charge in [-0.05, 0) is 43.3 Å². The summed E-state index contributed by atoms with van der Waals surface area (Å²) in [7, 11) is 1.61. The monoisotopic (exact) mass is 285 g/mol. The maximum Gasteiger partial charge on any atom is 0.238 e. The highest BCUT2D eigenvalue weighted by Crippen LogP contribution is 2.14. The van der Waals surface area contributed by atoms with Crippen molar-refractivity contribution in [1.82, 2.24) is 10.3 Å². The fourth-order valence-electron chi connectivity index (χ4n) is 1.86. The quantitative estimate of drug-likeness (QED) is 0.855. The fourth-order valence-corrected chi connectivity index (χ4v) is 1.86. The van der Waals surface area contributed by atoms with Crippen molar-refractivity contribution >= 4 is 11.6 Å². The van der Waals surface area contributed by atoms with Crippen molar-refractivity contribution < 1.29 is 9.53 Å². The minimum absolute atomic E-state index is 0.0211. The summed E-state index contributed by atoms with van der Waals surface area (Å²) in [5, 5.41) is 5.96. The van der Waals surface area contributed by atoms with Crippen molar-refractivity contribution in [2.45, 2.75) is 13.0 Å². The van der Waals surface area contributed by atoms with E-state index in [2.05, 4.69) is 15.6 Å². The molecule has 21 heavy (non-hydrogen) atoms. The van der Waals surface area contributed by atoms with Gasteiger partial charge in [0, 0.05) is 17.9 Å². The second kappa shape index (κ2) is 7.40. The molecule has 0 saturated heterocycles. The Morgan fingerprint density at radius 1 is 1.24 bits per heavy atom. The SMILES string of the molecule is COc1ccc(NC(=O)CN[C@@H](C)c2ccccn2)cc1. The topological polar surface area (TPSA) is 63.2 Å². The Bertz CT molecular complexity index is 570. The molecule has 0 radical (unpaired) electrons. The predicted molar refractivity (Wildman–Crippen MR) is 82.3 cm³/mol. The van der Waals surface area contributed by atoms with Crippen molar-refractivity contribution in [3.05, 3.63) is 54.4 Å². The Morgan fingerprint density at radius 3 is 2.62 bits per heavy atom. The second-order valence-electron chi connectivity index (χ2n) is 4.63. The molecule has 0 fully saturated rings. The van der Waals surface area contributed by atoms with Crippen LogP contribution in [0.25, 0.3) is 0 Å². The first-order valence-electron chi connectivity index (χ1n) is 6.77. The number of nitrogens with one attached hydrogen (secondary N) is 2. The molecule has 5 nitrogen and oxygen atoms in total. The van der Waals surface area contributed by atoms with Crippen LogP contribution in [0.2, 0.25) is 0 Å². The third kappa shape index (κ3) is 4.57. The van der Waals surface area contributed by atoms with Crippen LogP contribution in [0.1, 0.15) is 18.7 Å². The Balaban J connectivity index is 1.81. The highest BCUT2D eigenvalue weighted by atomic mass is 16.5. The largest absolute Gasteiger partial charge is 0.497 e. The van der Waals surface area contributed by atoms with Crippen LogP contribution in [0.3, 0.4) is 0 Å². The number of carbonyl (C=O) groups excluding carboxylic acids is 1. The normalized spacial score (nSPS) is 11.7. The molecule has 0 spiro atoms. The van der Waals surface area contributed by atoms with Crippen LogP contribution in [0.15, 0.2) is 48.7 Å². The van der Waals surface area contributed by atoms with Crippen molar-refractivity contribution in [2.75, 3.05) is 19.0 Å². The van der Waals surface area contributed by atoms with Gasteiger partial charge in [0.05, 0.1) is 19.3 Å². The molecule has 1 aromatic carbocycles. The minimum atomic E-state index is -0.0945. The van der Waals surface area contributed by atoms with Gasteiger partial charge in [-0.15, -0.1) is 0 Å². The summed E-state index contributed by atoms with van der Waals surface area (Å²) >= 11 is 0. The molecule has 0 bridgehead atoms. The fraction of sp³-hybridized carbons (Fsp3) is 0.250. The van der Waals surface area contributed by atoms with Crippen LogP contribution < -0.4 is 15.4 Å². The predicted octanol–water partition coefficient (Wildman–Crippen LogP) is 2.38. The van der Waals surface area contributed by atoms with E-state index in [4.69, 9.17) is 4.74 Å². The lowest BCUT2D eigenvalue weighted by molar-refractivity contribution is -0.115. The maximum atomic E-state index is 11.9. The highest BCUT2D eigenvalue weighted by Gasteiger charge is 2.08. The van der Waals surface area contributed by atoms with Gasteiger partial charge in [0.2, 0.25) is 5.91 Å². The number of ether oxygens (including phenoxy) is 1. The van der Waals surface area contributed by atoms with Crippen LogP contribution in [0.4, 0.5) is 5.69 Å². The molecule has 1 atom stereocenters. The molecule has 1 aromatic heterocycles. The van der Waals surface area contributed by atoms with Gasteiger partial charge in [0.15, 0.2) is 0 Å². The van der Waals surface area contributed by atoms with E-state index in [9.17, 15) is 4.79 Å². The number of rotatable bonds is 6. The van der Waals surface area contributed by atoms with Crippen LogP contribution in [-0.4, -0.2) is 24.5 Å². The van der Waals surface area contributed by atoms with E-state index in [1.54, 1.807) is 37.6 Å². The summed E-state index contributed by atoms with van der Waals surface area (Å²) in [5.41, 5.74) is 1.66. The number of aromatic nitrogens is 1. The molecule has 0 saturated carbocycles. The number of amides is 1. The number of hydrogen-bond donors (Lipinski definition) is 2. The van der Waals surface area contributed by atoms with Gasteiger partial charge in [-0.2, -0.15) is 0 Å². The summed E-state index contributed by atoms with van der Waals surface area (Å²) in [6.45, 7) is 2.20. The third-order valence-electron chi connectivity index (χ3n) is 3.07. The molecule has 5 heteroatoms. The van der Waals surface area contributed by atoms with E-state index < -0.39 is 0 Å². The van der Waals surface area contributed by atoms with E-state index >= 15 is 0 Å². The van der Waals surface area contributed by atoms with Crippen molar-refractivity contribution in [3.63, 3.8) is 0 Å². The average molecular weight is 285 g/mol. The molecule has 2 N–H and O–H groups in total. The smallest absolute Gasteiger partial charge is 0.238 e. The Kier molecular flexibility index (Phi) is 5.29. The van der Waals surface area contributed by atoms with Gasteiger partial charge in [-0.3, -0.25) is 9.78 Å². The zero-order valence-electron chi connectivity index (χ0n) is 12.2. The van der Waals surface area contributed by atoms with E-state index in [0.29, 0.717) is 0 Å². The lowest BCUT2D eigenvalue weighted by Gasteiger charge is -2.13. The van der Waals surface area contributed by atoms with Gasteiger partial charge in [-0.1, -0.05) is 6.07 Å². The molecule has 2 aromatic rings. The molecule has 1 amide bonds. The van der Waals surface area contributed by atoms with E-state index in [-0.39, 0.29) is 18.5 Å². The zero-order valence-corrected chi connectivity index (χ0v) is 12.2. The van der Waals surface area contributed by atoms with Crippen molar-refractivity contribution in [2.24, 2.45) is 0 Å². The van der Waals surface area contributed by atoms with Crippen LogP contribution in [0, 0.1) is 0 Å². The number of pyridine rings is 1. The molecule has 0 aliphatic heterocycles. The van der Waals surface area contributed by atoms with Gasteiger partial charge in [-0.25, -0.2) is 0 Å². The Morgan fingerprint density at radius 2 is 2.00 bits per heavy atom. The lowest BCUT2D eigenvalue weighted by Crippen LogP contribution is -2.30. The molecule has 0 unspecified atom stereocenters. The molecule has 0 aliphatic rings. The average Bonchev–Trinajstić information content (AvgIpc) is 2.54. The summed E-state index contributed by atoms with van der Waals surface area (Å²) < 4.78 is 5.07. The van der Waals surface area contributed by atoms with Gasteiger partial charge in [0.1, 0.15) is 5.75 Å². The molecular formula is C16H19N3O2. The minimum Gasteiger partial charge on any atom is -0.497 e. The number of benzene rings is 1. The van der Waals surface area contributed by atoms with Crippen LogP contribution in [0.5, 0.6) is 5.75 Å². The summed E-state index contributed by atoms with van der Waals surface area (Å²) in [5.74, 6) is 0.665. The van der Waals surface area contributed by atoms with Crippen LogP contribution >= 0.6 is 0 Å². The molecule has 2 rings (SSSR count). The number of hydrogen-bond acceptors (Lipinski definition) is 4. The first-order valence-corrected chi connectivity index (χ1v) is 6.77. The Labute approximate surface area is 124 Å². The van der Waals surface area contributed by atoms with Gasteiger partial charge in [0.25, 0.3) is 0 Å². The second-order valence-corrected chi connectivity index (χ2v) is 4.63. The first-order chi connectivity index (χ1) is 10.2. The number of carbonyl (C=O) groups is 1. The summed E-state index contributed by atoms with van der Waals surface area (Å²) in [6, 6.07) is 13.0. The maximum absolute atomic E-state index is 11.9. The number of methoxy groups -OCH3 is 1. The standard InChI is InChI=1S/C16H19N3O2/c1-12(15-5-3-4-10-17-15)18-11-16(20)19-13-6-8-14(21-2)9-7-13/h3-10,12,18H,11H2,1-2H3,(H,19,20)/t12-/m0/s1. The van der Waals surface area contributed by atoms with Crippen molar-refractivity contribution in [1.29, 1.82) is 0 Å². The highest BCUT2D eigenvalue weighted by molar-refractivity contribution is 5.92.